The molecule has 0 bridgehead atoms. The van der Waals surface area contributed by atoms with Crippen LogP contribution in [0, 0.1) is 0 Å². The summed E-state index contributed by atoms with van der Waals surface area (Å²) in [6, 6.07) is 29.1. The molecule has 0 saturated carbocycles. The average Bonchev–Trinajstić information content (AvgIpc) is 3.46. The molecular formula is C24H16N2S2. The van der Waals surface area contributed by atoms with Gasteiger partial charge in [-0.2, -0.15) is 0 Å². The molecule has 0 fully saturated rings. The van der Waals surface area contributed by atoms with Crippen LogP contribution in [-0.4, -0.2) is 9.97 Å². The smallest absolute Gasteiger partial charge is 0.124 e. The van der Waals surface area contributed by atoms with Crippen molar-refractivity contribution in [2.24, 2.45) is 0 Å². The van der Waals surface area contributed by atoms with Gasteiger partial charge in [0, 0.05) is 33.0 Å². The van der Waals surface area contributed by atoms with Crippen LogP contribution in [0.2, 0.25) is 0 Å². The Bertz CT molecular complexity index is 1090. The van der Waals surface area contributed by atoms with E-state index >= 15 is 0 Å². The molecule has 0 N–H and O–H groups in total. The number of thiazole rings is 2. The predicted molar refractivity (Wildman–Crippen MR) is 120 cm³/mol. The molecule has 0 spiro atoms. The van der Waals surface area contributed by atoms with E-state index < -0.39 is 0 Å². The van der Waals surface area contributed by atoms with Crippen LogP contribution in [0.1, 0.15) is 0 Å². The van der Waals surface area contributed by atoms with Crippen molar-refractivity contribution in [3.63, 3.8) is 0 Å². The topological polar surface area (TPSA) is 25.8 Å². The second-order valence-electron chi connectivity index (χ2n) is 6.39. The molecule has 0 aliphatic rings. The van der Waals surface area contributed by atoms with Gasteiger partial charge in [0.1, 0.15) is 10.0 Å². The van der Waals surface area contributed by atoms with Gasteiger partial charge in [0.25, 0.3) is 0 Å². The molecule has 3 aromatic carbocycles. The minimum Gasteiger partial charge on any atom is -0.236 e. The quantitative estimate of drug-likeness (QED) is 0.319. The van der Waals surface area contributed by atoms with Gasteiger partial charge in [-0.15, -0.1) is 22.7 Å². The second kappa shape index (κ2) is 7.50. The number of hydrogen-bond donors (Lipinski definition) is 0. The summed E-state index contributed by atoms with van der Waals surface area (Å²) in [5.41, 5.74) is 6.61. The Kier molecular flexibility index (Phi) is 4.57. The van der Waals surface area contributed by atoms with Crippen LogP contribution in [0.3, 0.4) is 0 Å². The minimum absolute atomic E-state index is 1.01. The maximum atomic E-state index is 4.80. The largest absolute Gasteiger partial charge is 0.236 e. The van der Waals surface area contributed by atoms with Gasteiger partial charge in [-0.25, -0.2) is 9.97 Å². The van der Waals surface area contributed by atoms with Crippen molar-refractivity contribution in [1.29, 1.82) is 0 Å². The number of hydrogen-bond acceptors (Lipinski definition) is 4. The van der Waals surface area contributed by atoms with E-state index in [1.165, 1.54) is 0 Å². The van der Waals surface area contributed by atoms with E-state index in [9.17, 15) is 0 Å². The van der Waals surface area contributed by atoms with Gasteiger partial charge in [0.15, 0.2) is 0 Å². The zero-order valence-corrected chi connectivity index (χ0v) is 16.6. The van der Waals surface area contributed by atoms with E-state index in [1.54, 1.807) is 22.7 Å². The lowest BCUT2D eigenvalue weighted by atomic mass is 10.1. The standard InChI is InChI=1S/C24H16N2S2/c1-3-7-17(8-4-1)21-15-28-24(25-21)20-13-11-18(12-14-20)22-16-27-23(26-22)19-9-5-2-6-10-19/h1-16H. The van der Waals surface area contributed by atoms with Gasteiger partial charge in [0.2, 0.25) is 0 Å². The molecule has 4 heteroatoms. The average molecular weight is 397 g/mol. The highest BCUT2D eigenvalue weighted by molar-refractivity contribution is 7.13. The summed E-state index contributed by atoms with van der Waals surface area (Å²) in [5.74, 6) is 0. The normalized spacial score (nSPS) is 10.9. The highest BCUT2D eigenvalue weighted by atomic mass is 32.1. The molecule has 0 atom stereocenters. The molecule has 0 amide bonds. The third kappa shape index (κ3) is 3.40. The third-order valence-electron chi connectivity index (χ3n) is 4.53. The van der Waals surface area contributed by atoms with Crippen LogP contribution in [0.5, 0.6) is 0 Å². The highest BCUT2D eigenvalue weighted by Gasteiger charge is 2.09. The van der Waals surface area contributed by atoms with Crippen molar-refractivity contribution >= 4 is 22.7 Å². The van der Waals surface area contributed by atoms with Crippen molar-refractivity contribution < 1.29 is 0 Å². The first-order valence-corrected chi connectivity index (χ1v) is 10.8. The molecule has 28 heavy (non-hydrogen) atoms. The molecule has 134 valence electrons. The van der Waals surface area contributed by atoms with Crippen molar-refractivity contribution in [2.45, 2.75) is 0 Å². The van der Waals surface area contributed by atoms with Crippen LogP contribution in [-0.2, 0) is 0 Å². The third-order valence-corrected chi connectivity index (χ3v) is 6.31. The van der Waals surface area contributed by atoms with Gasteiger partial charge in [-0.3, -0.25) is 0 Å². The Hall–Kier alpha value is -3.08. The van der Waals surface area contributed by atoms with E-state index in [-0.39, 0.29) is 0 Å². The lowest BCUT2D eigenvalue weighted by Crippen LogP contribution is -1.82. The summed E-state index contributed by atoms with van der Waals surface area (Å²) < 4.78 is 0. The zero-order valence-electron chi connectivity index (χ0n) is 14.9. The fourth-order valence-electron chi connectivity index (χ4n) is 3.05. The van der Waals surface area contributed by atoms with E-state index in [2.05, 4.69) is 59.3 Å². The van der Waals surface area contributed by atoms with Crippen LogP contribution < -0.4 is 0 Å². The first-order chi connectivity index (χ1) is 13.9. The molecule has 0 saturated heterocycles. The Morgan fingerprint density at radius 1 is 0.429 bits per heavy atom. The Labute approximate surface area is 171 Å². The van der Waals surface area contributed by atoms with Gasteiger partial charge < -0.3 is 0 Å². The Morgan fingerprint density at radius 3 is 1.36 bits per heavy atom. The van der Waals surface area contributed by atoms with Crippen molar-refractivity contribution in [2.75, 3.05) is 0 Å². The summed E-state index contributed by atoms with van der Waals surface area (Å²) in [6.07, 6.45) is 0. The molecule has 0 aliphatic carbocycles. The van der Waals surface area contributed by atoms with Crippen LogP contribution in [0.25, 0.3) is 43.7 Å². The number of benzene rings is 3. The molecule has 0 unspecified atom stereocenters. The van der Waals surface area contributed by atoms with E-state index in [4.69, 9.17) is 9.97 Å². The van der Waals surface area contributed by atoms with E-state index in [0.29, 0.717) is 0 Å². The lowest BCUT2D eigenvalue weighted by Gasteiger charge is -2.00. The fraction of sp³-hybridized carbons (Fsp3) is 0. The first kappa shape index (κ1) is 17.0. The highest BCUT2D eigenvalue weighted by Crippen LogP contribution is 2.32. The first-order valence-electron chi connectivity index (χ1n) is 8.99. The molecular weight excluding hydrogens is 380 g/mol. The van der Waals surface area contributed by atoms with Crippen molar-refractivity contribution in [1.82, 2.24) is 9.97 Å². The molecule has 2 aromatic heterocycles. The van der Waals surface area contributed by atoms with Crippen molar-refractivity contribution in [3.8, 4) is 43.7 Å². The number of nitrogens with zero attached hydrogens (tertiary/aromatic N) is 2. The Balaban J connectivity index is 1.40. The molecule has 5 rings (SSSR count). The molecule has 5 aromatic rings. The number of aromatic nitrogens is 2. The lowest BCUT2D eigenvalue weighted by molar-refractivity contribution is 1.39. The molecule has 0 aliphatic heterocycles. The summed E-state index contributed by atoms with van der Waals surface area (Å²) in [5, 5.41) is 6.32. The van der Waals surface area contributed by atoms with Crippen LogP contribution in [0.15, 0.2) is 95.7 Å². The van der Waals surface area contributed by atoms with Gasteiger partial charge in [-0.1, -0.05) is 84.9 Å². The fourth-order valence-corrected chi connectivity index (χ4v) is 4.72. The zero-order chi connectivity index (χ0) is 18.8. The minimum atomic E-state index is 1.01. The summed E-state index contributed by atoms with van der Waals surface area (Å²) in [4.78, 5) is 9.60. The van der Waals surface area contributed by atoms with Crippen LogP contribution in [0.4, 0.5) is 0 Å². The molecule has 2 nitrogen and oxygen atoms in total. The maximum Gasteiger partial charge on any atom is 0.124 e. The SMILES string of the molecule is c1ccc(-c2csc(-c3ccc(-c4csc(-c5ccccc5)n4)cc3)n2)cc1. The van der Waals surface area contributed by atoms with Gasteiger partial charge in [0.05, 0.1) is 11.4 Å². The molecule has 0 radical (unpaired) electrons. The summed E-state index contributed by atoms with van der Waals surface area (Å²) >= 11 is 3.35. The van der Waals surface area contributed by atoms with Gasteiger partial charge >= 0.3 is 0 Å². The Morgan fingerprint density at radius 2 is 0.821 bits per heavy atom. The van der Waals surface area contributed by atoms with E-state index in [0.717, 1.165) is 43.7 Å². The van der Waals surface area contributed by atoms with Gasteiger partial charge in [-0.05, 0) is 0 Å². The number of rotatable bonds is 4. The summed E-state index contributed by atoms with van der Waals surface area (Å²) in [7, 11) is 0. The monoisotopic (exact) mass is 396 g/mol. The van der Waals surface area contributed by atoms with E-state index in [1.807, 2.05) is 36.4 Å². The maximum absolute atomic E-state index is 4.80. The molecule has 2 heterocycles. The summed E-state index contributed by atoms with van der Waals surface area (Å²) in [6.45, 7) is 0. The van der Waals surface area contributed by atoms with Crippen LogP contribution >= 0.6 is 22.7 Å². The van der Waals surface area contributed by atoms with Crippen molar-refractivity contribution in [3.05, 3.63) is 95.7 Å². The predicted octanol–water partition coefficient (Wildman–Crippen LogP) is 7.27. The second-order valence-corrected chi connectivity index (χ2v) is 8.10.